The molecule has 6 heteroatoms. The summed E-state index contributed by atoms with van der Waals surface area (Å²) in [4.78, 5) is 12.4. The molecule has 0 N–H and O–H groups in total. The predicted molar refractivity (Wildman–Crippen MR) is 86.2 cm³/mol. The molecule has 2 heterocycles. The van der Waals surface area contributed by atoms with Crippen molar-refractivity contribution in [3.8, 4) is 17.2 Å². The van der Waals surface area contributed by atoms with Crippen molar-refractivity contribution in [1.29, 1.82) is 0 Å². The van der Waals surface area contributed by atoms with Crippen LogP contribution in [0, 0.1) is 0 Å². The molecule has 2 aromatic carbocycles. The van der Waals surface area contributed by atoms with Gasteiger partial charge in [-0.2, -0.15) is 0 Å². The molecular weight excluding hydrogens is 339 g/mol. The van der Waals surface area contributed by atoms with Gasteiger partial charge in [-0.05, 0) is 29.8 Å². The highest BCUT2D eigenvalue weighted by Crippen LogP contribution is 2.42. The highest BCUT2D eigenvalue weighted by Gasteiger charge is 2.30. The third-order valence-corrected chi connectivity index (χ3v) is 4.38. The topological polar surface area (TPSA) is 44.8 Å². The molecule has 0 bridgehead atoms. The van der Waals surface area contributed by atoms with E-state index < -0.39 is 6.10 Å². The molecule has 1 atom stereocenters. The number of benzene rings is 2. The van der Waals surface area contributed by atoms with Gasteiger partial charge in [0.25, 0.3) is 0 Å². The Morgan fingerprint density at radius 2 is 1.78 bits per heavy atom. The smallest absolute Gasteiger partial charge is 0.170 e. The van der Waals surface area contributed by atoms with Gasteiger partial charge in [0.05, 0.1) is 17.0 Å². The summed E-state index contributed by atoms with van der Waals surface area (Å²) >= 11 is 12.1. The van der Waals surface area contributed by atoms with Crippen LogP contribution in [0.1, 0.15) is 28.4 Å². The minimum Gasteiger partial charge on any atom is -0.486 e. The molecule has 0 fully saturated rings. The van der Waals surface area contributed by atoms with Gasteiger partial charge in [0.1, 0.15) is 25.1 Å². The molecule has 0 radical (unpaired) electrons. The van der Waals surface area contributed by atoms with Gasteiger partial charge in [0, 0.05) is 5.02 Å². The Hall–Kier alpha value is -1.91. The first-order valence-corrected chi connectivity index (χ1v) is 7.96. The minimum atomic E-state index is -0.412. The second-order valence-electron chi connectivity index (χ2n) is 5.40. The molecule has 118 valence electrons. The molecule has 0 aliphatic carbocycles. The lowest BCUT2D eigenvalue weighted by Gasteiger charge is -2.27. The summed E-state index contributed by atoms with van der Waals surface area (Å²) < 4.78 is 17.0. The predicted octanol–water partition coefficient (Wildman–Crippen LogP) is 4.47. The number of ketones is 1. The summed E-state index contributed by atoms with van der Waals surface area (Å²) in [5, 5.41) is 0.756. The lowest BCUT2D eigenvalue weighted by molar-refractivity contribution is 0.0849. The van der Waals surface area contributed by atoms with Gasteiger partial charge in [-0.25, -0.2) is 0 Å². The second-order valence-corrected chi connectivity index (χ2v) is 6.24. The number of rotatable bonds is 1. The summed E-state index contributed by atoms with van der Waals surface area (Å²) in [5.41, 5.74) is 1.27. The molecule has 0 saturated heterocycles. The lowest BCUT2D eigenvalue weighted by Crippen LogP contribution is -2.21. The van der Waals surface area contributed by atoms with Gasteiger partial charge < -0.3 is 14.2 Å². The molecule has 0 aromatic heterocycles. The molecule has 0 unspecified atom stereocenters. The summed E-state index contributed by atoms with van der Waals surface area (Å²) in [6, 6.07) is 8.71. The SMILES string of the molecule is O=C1C[C@H](c2ccc3c(c2)OCCO3)Oc2c(Cl)cc(Cl)cc21. The number of halogens is 2. The van der Waals surface area contributed by atoms with E-state index in [0.29, 0.717) is 46.1 Å². The standard InChI is InChI=1S/C17H12Cl2O4/c18-10-6-11-13(20)8-15(23-17(11)12(19)7-10)9-1-2-14-16(5-9)22-4-3-21-14/h1-2,5-7,15H,3-4,8H2/t15-/m1/s1. The van der Waals surface area contributed by atoms with Crippen LogP contribution in [0.5, 0.6) is 17.2 Å². The Morgan fingerprint density at radius 1 is 1.00 bits per heavy atom. The van der Waals surface area contributed by atoms with Crippen LogP contribution in [0.4, 0.5) is 0 Å². The van der Waals surface area contributed by atoms with Gasteiger partial charge in [0.2, 0.25) is 0 Å². The monoisotopic (exact) mass is 350 g/mol. The van der Waals surface area contributed by atoms with Crippen LogP contribution in [0.15, 0.2) is 30.3 Å². The van der Waals surface area contributed by atoms with Crippen molar-refractivity contribution < 1.29 is 19.0 Å². The van der Waals surface area contributed by atoms with E-state index in [1.807, 2.05) is 18.2 Å². The highest BCUT2D eigenvalue weighted by atomic mass is 35.5. The lowest BCUT2D eigenvalue weighted by atomic mass is 9.96. The fraction of sp³-hybridized carbons (Fsp3) is 0.235. The van der Waals surface area contributed by atoms with Crippen LogP contribution in [-0.2, 0) is 0 Å². The zero-order valence-electron chi connectivity index (χ0n) is 12.0. The molecule has 2 aliphatic rings. The van der Waals surface area contributed by atoms with Crippen LogP contribution >= 0.6 is 23.2 Å². The first-order chi connectivity index (χ1) is 11.1. The number of fused-ring (bicyclic) bond motifs is 2. The summed E-state index contributed by atoms with van der Waals surface area (Å²) in [5.74, 6) is 1.70. The fourth-order valence-corrected chi connectivity index (χ4v) is 3.33. The normalized spacial score (nSPS) is 19.0. The average Bonchev–Trinajstić information content (AvgIpc) is 2.55. The van der Waals surface area contributed by atoms with Crippen molar-refractivity contribution in [3.05, 3.63) is 51.5 Å². The fourth-order valence-electron chi connectivity index (χ4n) is 2.80. The van der Waals surface area contributed by atoms with Gasteiger partial charge in [-0.15, -0.1) is 0 Å². The van der Waals surface area contributed by atoms with E-state index in [0.717, 1.165) is 5.56 Å². The van der Waals surface area contributed by atoms with E-state index in [1.165, 1.54) is 0 Å². The van der Waals surface area contributed by atoms with E-state index in [1.54, 1.807) is 12.1 Å². The van der Waals surface area contributed by atoms with Crippen molar-refractivity contribution in [1.82, 2.24) is 0 Å². The minimum absolute atomic E-state index is 0.0458. The Bertz CT molecular complexity index is 803. The molecule has 2 aromatic rings. The van der Waals surface area contributed by atoms with Crippen LogP contribution in [0.2, 0.25) is 10.0 Å². The van der Waals surface area contributed by atoms with Crippen LogP contribution in [0.25, 0.3) is 0 Å². The van der Waals surface area contributed by atoms with E-state index in [-0.39, 0.29) is 12.2 Å². The maximum Gasteiger partial charge on any atom is 0.170 e. The zero-order chi connectivity index (χ0) is 16.0. The molecule has 0 saturated carbocycles. The molecule has 0 amide bonds. The quantitative estimate of drug-likeness (QED) is 0.760. The Labute approximate surface area is 142 Å². The zero-order valence-corrected chi connectivity index (χ0v) is 13.5. The van der Waals surface area contributed by atoms with Crippen LogP contribution in [0.3, 0.4) is 0 Å². The molecule has 0 spiro atoms. The number of ether oxygens (including phenoxy) is 3. The maximum absolute atomic E-state index is 12.4. The Balaban J connectivity index is 1.70. The maximum atomic E-state index is 12.4. The largest absolute Gasteiger partial charge is 0.486 e. The van der Waals surface area contributed by atoms with Crippen molar-refractivity contribution in [3.63, 3.8) is 0 Å². The first-order valence-electron chi connectivity index (χ1n) is 7.20. The van der Waals surface area contributed by atoms with E-state index in [4.69, 9.17) is 37.4 Å². The summed E-state index contributed by atoms with van der Waals surface area (Å²) in [6.07, 6.45) is -0.187. The van der Waals surface area contributed by atoms with Crippen LogP contribution < -0.4 is 14.2 Å². The van der Waals surface area contributed by atoms with E-state index in [9.17, 15) is 4.79 Å². The number of carbonyl (C=O) groups is 1. The Kier molecular flexibility index (Phi) is 3.58. The van der Waals surface area contributed by atoms with Crippen molar-refractivity contribution in [2.24, 2.45) is 0 Å². The van der Waals surface area contributed by atoms with Gasteiger partial charge in [-0.3, -0.25) is 4.79 Å². The third kappa shape index (κ3) is 2.62. The molecular formula is C17H12Cl2O4. The number of hydrogen-bond donors (Lipinski definition) is 0. The summed E-state index contributed by atoms with van der Waals surface area (Å²) in [6.45, 7) is 1.04. The highest BCUT2D eigenvalue weighted by molar-refractivity contribution is 6.36. The third-order valence-electron chi connectivity index (χ3n) is 3.88. The van der Waals surface area contributed by atoms with Gasteiger partial charge in [0.15, 0.2) is 17.3 Å². The van der Waals surface area contributed by atoms with Crippen molar-refractivity contribution in [2.45, 2.75) is 12.5 Å². The van der Waals surface area contributed by atoms with Crippen molar-refractivity contribution in [2.75, 3.05) is 13.2 Å². The molecule has 4 rings (SSSR count). The molecule has 2 aliphatic heterocycles. The van der Waals surface area contributed by atoms with E-state index >= 15 is 0 Å². The van der Waals surface area contributed by atoms with Crippen LogP contribution in [-0.4, -0.2) is 19.0 Å². The Morgan fingerprint density at radius 3 is 2.61 bits per heavy atom. The van der Waals surface area contributed by atoms with E-state index in [2.05, 4.69) is 0 Å². The average molecular weight is 351 g/mol. The summed E-state index contributed by atoms with van der Waals surface area (Å²) in [7, 11) is 0. The van der Waals surface area contributed by atoms with Gasteiger partial charge in [-0.1, -0.05) is 29.3 Å². The number of Topliss-reactive ketones (excluding diaryl/α,β-unsaturated/α-hetero) is 1. The molecule has 4 nitrogen and oxygen atoms in total. The number of carbonyl (C=O) groups excluding carboxylic acids is 1. The van der Waals surface area contributed by atoms with Crippen molar-refractivity contribution >= 4 is 29.0 Å². The number of hydrogen-bond acceptors (Lipinski definition) is 4. The first kappa shape index (κ1) is 14.7. The second kappa shape index (κ2) is 5.62. The van der Waals surface area contributed by atoms with Gasteiger partial charge >= 0.3 is 0 Å². The molecule has 23 heavy (non-hydrogen) atoms.